The van der Waals surface area contributed by atoms with Crippen LogP contribution in [-0.2, 0) is 16.0 Å². The molecular weight excluding hydrogens is 576 g/mol. The molecule has 1 atom stereocenters. The van der Waals surface area contributed by atoms with E-state index >= 15 is 0 Å². The van der Waals surface area contributed by atoms with E-state index in [1.807, 2.05) is 45.0 Å². The van der Waals surface area contributed by atoms with Crippen molar-refractivity contribution in [1.82, 2.24) is 5.32 Å². The molecule has 0 radical (unpaired) electrons. The van der Waals surface area contributed by atoms with E-state index in [4.69, 9.17) is 0 Å². The molecule has 0 aromatic heterocycles. The Kier molecular flexibility index (Phi) is 10.7. The number of non-ortho nitro benzene ring substituents is 1. The van der Waals surface area contributed by atoms with Crippen LogP contribution in [0.4, 0.5) is 17.1 Å². The lowest BCUT2D eigenvalue weighted by Gasteiger charge is -2.17. The maximum Gasteiger partial charge on any atom is 0.272 e. The lowest BCUT2D eigenvalue weighted by atomic mass is 10.1. The summed E-state index contributed by atoms with van der Waals surface area (Å²) in [4.78, 5) is 50.7. The number of aryl methyl sites for hydroxylation is 2. The number of nitro groups is 1. The fourth-order valence-corrected chi connectivity index (χ4v) is 5.26. The van der Waals surface area contributed by atoms with Crippen LogP contribution in [0.5, 0.6) is 0 Å². The largest absolute Gasteiger partial charge is 0.325 e. The van der Waals surface area contributed by atoms with Crippen molar-refractivity contribution in [3.63, 3.8) is 0 Å². The number of anilines is 2. The van der Waals surface area contributed by atoms with Gasteiger partial charge in [-0.15, -0.1) is 11.8 Å². The quantitative estimate of drug-likeness (QED) is 0.0728. The number of hydrogen-bond donors (Lipinski definition) is 3. The Morgan fingerprint density at radius 1 is 0.909 bits per heavy atom. The first-order chi connectivity index (χ1) is 21.1. The third-order valence-electron chi connectivity index (χ3n) is 6.71. The fraction of sp³-hybridized carbons (Fsp3) is 0.147. The molecule has 0 saturated heterocycles. The SMILES string of the molecule is CCc1cccc(C)c1NC(=O)C(C)Sc1cccc(NC(=O)/C(=C\c2ccc([N+](=O)[O-])cc2)NC(=O)c2ccccc2)c1. The summed E-state index contributed by atoms with van der Waals surface area (Å²) in [5, 5.41) is 19.2. The third-order valence-corrected chi connectivity index (χ3v) is 7.80. The molecule has 0 spiro atoms. The van der Waals surface area contributed by atoms with Gasteiger partial charge in [-0.1, -0.05) is 49.4 Å². The monoisotopic (exact) mass is 608 g/mol. The van der Waals surface area contributed by atoms with E-state index in [0.29, 0.717) is 16.8 Å². The second-order valence-electron chi connectivity index (χ2n) is 9.92. The number of hydrogen-bond acceptors (Lipinski definition) is 6. The Balaban J connectivity index is 1.50. The molecule has 0 aliphatic carbocycles. The van der Waals surface area contributed by atoms with Crippen LogP contribution in [0.3, 0.4) is 0 Å². The lowest BCUT2D eigenvalue weighted by Crippen LogP contribution is -2.30. The van der Waals surface area contributed by atoms with Crippen molar-refractivity contribution in [3.8, 4) is 0 Å². The summed E-state index contributed by atoms with van der Waals surface area (Å²) in [6.07, 6.45) is 2.24. The summed E-state index contributed by atoms with van der Waals surface area (Å²) < 4.78 is 0. The van der Waals surface area contributed by atoms with Gasteiger partial charge in [0.25, 0.3) is 17.5 Å². The molecule has 224 valence electrons. The average molecular weight is 609 g/mol. The Morgan fingerprint density at radius 2 is 1.61 bits per heavy atom. The van der Waals surface area contributed by atoms with Crippen molar-refractivity contribution in [2.24, 2.45) is 0 Å². The van der Waals surface area contributed by atoms with Gasteiger partial charge in [0.05, 0.1) is 10.2 Å². The molecule has 0 heterocycles. The Labute approximate surface area is 259 Å². The van der Waals surface area contributed by atoms with E-state index in [0.717, 1.165) is 28.1 Å². The number of carbonyl (C=O) groups is 3. The smallest absolute Gasteiger partial charge is 0.272 e. The Morgan fingerprint density at radius 3 is 2.30 bits per heavy atom. The van der Waals surface area contributed by atoms with Gasteiger partial charge in [0.15, 0.2) is 0 Å². The van der Waals surface area contributed by atoms with Crippen LogP contribution in [0.1, 0.15) is 40.9 Å². The molecule has 3 amide bonds. The Bertz CT molecular complexity index is 1700. The molecular formula is C34H32N4O5S. The van der Waals surface area contributed by atoms with Crippen molar-refractivity contribution in [2.45, 2.75) is 37.3 Å². The summed E-state index contributed by atoms with van der Waals surface area (Å²) in [5.74, 6) is -1.21. The summed E-state index contributed by atoms with van der Waals surface area (Å²) in [5.41, 5.74) is 4.05. The predicted molar refractivity (Wildman–Crippen MR) is 175 cm³/mol. The van der Waals surface area contributed by atoms with E-state index < -0.39 is 22.0 Å². The minimum absolute atomic E-state index is 0.0523. The van der Waals surface area contributed by atoms with Crippen molar-refractivity contribution in [2.75, 3.05) is 10.6 Å². The molecule has 3 N–H and O–H groups in total. The number of nitrogens with zero attached hydrogens (tertiary/aromatic N) is 1. The van der Waals surface area contributed by atoms with Crippen molar-refractivity contribution in [3.05, 3.63) is 135 Å². The summed E-state index contributed by atoms with van der Waals surface area (Å²) in [6, 6.07) is 27.1. The molecule has 4 aromatic rings. The fourth-order valence-electron chi connectivity index (χ4n) is 4.33. The number of rotatable bonds is 11. The minimum atomic E-state index is -0.591. The highest BCUT2D eigenvalue weighted by molar-refractivity contribution is 8.00. The number of benzene rings is 4. The molecule has 0 fully saturated rings. The molecule has 1 unspecified atom stereocenters. The van der Waals surface area contributed by atoms with Crippen molar-refractivity contribution in [1.29, 1.82) is 0 Å². The number of carbonyl (C=O) groups excluding carboxylic acids is 3. The summed E-state index contributed by atoms with van der Waals surface area (Å²) in [6.45, 7) is 5.83. The molecule has 0 bridgehead atoms. The molecule has 44 heavy (non-hydrogen) atoms. The third kappa shape index (κ3) is 8.42. The first-order valence-electron chi connectivity index (χ1n) is 13.9. The number of amides is 3. The van der Waals surface area contributed by atoms with E-state index in [1.165, 1.54) is 42.1 Å². The number of nitrogens with one attached hydrogen (secondary N) is 3. The first-order valence-corrected chi connectivity index (χ1v) is 14.8. The van der Waals surface area contributed by atoms with Gasteiger partial charge in [0.2, 0.25) is 5.91 Å². The van der Waals surface area contributed by atoms with E-state index in [9.17, 15) is 24.5 Å². The van der Waals surface area contributed by atoms with Gasteiger partial charge < -0.3 is 16.0 Å². The van der Waals surface area contributed by atoms with Gasteiger partial charge in [0, 0.05) is 34.0 Å². The molecule has 10 heteroatoms. The van der Waals surface area contributed by atoms with Gasteiger partial charge in [0.1, 0.15) is 5.70 Å². The maximum atomic E-state index is 13.4. The number of thioether (sulfide) groups is 1. The normalized spacial score (nSPS) is 11.8. The van der Waals surface area contributed by atoms with Crippen LogP contribution in [0.15, 0.2) is 108 Å². The van der Waals surface area contributed by atoms with Crippen LogP contribution >= 0.6 is 11.8 Å². The number of nitro benzene ring substituents is 1. The van der Waals surface area contributed by atoms with Crippen LogP contribution < -0.4 is 16.0 Å². The van der Waals surface area contributed by atoms with E-state index in [1.54, 1.807) is 48.5 Å². The highest BCUT2D eigenvalue weighted by Gasteiger charge is 2.19. The van der Waals surface area contributed by atoms with Gasteiger partial charge in [-0.3, -0.25) is 24.5 Å². The summed E-state index contributed by atoms with van der Waals surface area (Å²) in [7, 11) is 0. The van der Waals surface area contributed by atoms with Gasteiger partial charge in [-0.2, -0.15) is 0 Å². The zero-order chi connectivity index (χ0) is 31.6. The van der Waals surface area contributed by atoms with Crippen molar-refractivity contribution < 1.29 is 19.3 Å². The molecule has 4 rings (SSSR count). The second kappa shape index (κ2) is 14.8. The van der Waals surface area contributed by atoms with Crippen LogP contribution in [0.2, 0.25) is 0 Å². The molecule has 0 aliphatic rings. The maximum absolute atomic E-state index is 13.4. The highest BCUT2D eigenvalue weighted by Crippen LogP contribution is 2.28. The molecule has 4 aromatic carbocycles. The van der Waals surface area contributed by atoms with Gasteiger partial charge in [-0.05, 0) is 85.5 Å². The second-order valence-corrected chi connectivity index (χ2v) is 11.3. The summed E-state index contributed by atoms with van der Waals surface area (Å²) >= 11 is 1.35. The molecule has 0 aliphatic heterocycles. The van der Waals surface area contributed by atoms with Crippen LogP contribution in [0, 0.1) is 17.0 Å². The van der Waals surface area contributed by atoms with E-state index in [-0.39, 0.29) is 17.3 Å². The topological polar surface area (TPSA) is 130 Å². The lowest BCUT2D eigenvalue weighted by molar-refractivity contribution is -0.384. The predicted octanol–water partition coefficient (Wildman–Crippen LogP) is 6.99. The molecule has 0 saturated carbocycles. The molecule has 9 nitrogen and oxygen atoms in total. The standard InChI is InChI=1S/C34H32N4O5S/c1-4-25-13-8-10-22(2)31(25)37-32(39)23(3)44-29-15-9-14-27(21-29)35-34(41)30(36-33(40)26-11-6-5-7-12-26)20-24-16-18-28(19-17-24)38(42)43/h5-21,23H,4H2,1-3H3,(H,35,41)(H,36,40)(H,37,39)/b30-20+. The zero-order valence-electron chi connectivity index (χ0n) is 24.5. The van der Waals surface area contributed by atoms with E-state index in [2.05, 4.69) is 16.0 Å². The zero-order valence-corrected chi connectivity index (χ0v) is 25.3. The average Bonchev–Trinajstić information content (AvgIpc) is 3.02. The van der Waals surface area contributed by atoms with Crippen molar-refractivity contribution >= 4 is 52.6 Å². The van der Waals surface area contributed by atoms with Gasteiger partial charge in [-0.25, -0.2) is 0 Å². The van der Waals surface area contributed by atoms with Crippen LogP contribution in [-0.4, -0.2) is 27.9 Å². The Hall–Kier alpha value is -5.22. The number of para-hydroxylation sites is 1. The van der Waals surface area contributed by atoms with Gasteiger partial charge >= 0.3 is 0 Å². The first kappa shape index (κ1) is 31.7. The van der Waals surface area contributed by atoms with Crippen LogP contribution in [0.25, 0.3) is 6.08 Å². The minimum Gasteiger partial charge on any atom is -0.325 e. The highest BCUT2D eigenvalue weighted by atomic mass is 32.2.